The lowest BCUT2D eigenvalue weighted by Crippen LogP contribution is -2.10. The van der Waals surface area contributed by atoms with Gasteiger partial charge in [-0.2, -0.15) is 0 Å². The third-order valence-corrected chi connectivity index (χ3v) is 5.81. The van der Waals surface area contributed by atoms with Crippen molar-refractivity contribution in [1.29, 1.82) is 0 Å². The minimum atomic E-state index is 0.556. The number of hydrogen-bond donors (Lipinski definition) is 0. The molecule has 0 N–H and O–H groups in total. The van der Waals surface area contributed by atoms with Crippen LogP contribution in [0.5, 0.6) is 0 Å². The summed E-state index contributed by atoms with van der Waals surface area (Å²) in [6.07, 6.45) is 13.0. The third kappa shape index (κ3) is 2.04. The molecule has 2 aliphatic carbocycles. The number of allylic oxidation sites excluding steroid dienone is 3. The molecule has 0 amide bonds. The van der Waals surface area contributed by atoms with Crippen LogP contribution in [0.15, 0.2) is 36.4 Å². The van der Waals surface area contributed by atoms with Gasteiger partial charge in [-0.3, -0.25) is 8.97 Å². The number of fused-ring (bicyclic) bond motifs is 5. The molecule has 4 heteroatoms. The molecule has 0 fully saturated rings. The molecule has 3 aromatic rings. The molecule has 0 bridgehead atoms. The highest BCUT2D eigenvalue weighted by Gasteiger charge is 2.25. The van der Waals surface area contributed by atoms with E-state index >= 15 is 0 Å². The van der Waals surface area contributed by atoms with Crippen LogP contribution in [-0.2, 0) is 6.42 Å². The van der Waals surface area contributed by atoms with Gasteiger partial charge < -0.3 is 0 Å². The molecule has 23 heavy (non-hydrogen) atoms. The first-order valence-electron chi connectivity index (χ1n) is 8.35. The molecule has 116 valence electrons. The first-order valence-corrected chi connectivity index (χ1v) is 9.60. The predicted molar refractivity (Wildman–Crippen MR) is 104 cm³/mol. The van der Waals surface area contributed by atoms with E-state index in [9.17, 15) is 0 Å². The van der Waals surface area contributed by atoms with E-state index in [2.05, 4.69) is 74.1 Å². The van der Waals surface area contributed by atoms with Crippen LogP contribution < -0.4 is 0 Å². The van der Waals surface area contributed by atoms with Crippen molar-refractivity contribution in [1.82, 2.24) is 14.0 Å². The Bertz CT molecular complexity index is 973. The van der Waals surface area contributed by atoms with E-state index in [4.69, 9.17) is 4.98 Å². The zero-order chi connectivity index (χ0) is 15.4. The number of imidazole rings is 2. The molecule has 0 radical (unpaired) electrons. The minimum Gasteiger partial charge on any atom is -0.283 e. The van der Waals surface area contributed by atoms with Crippen LogP contribution in [0.25, 0.3) is 28.6 Å². The molecule has 3 nitrogen and oxygen atoms in total. The smallest absolute Gasteiger partial charge is 0.220 e. The number of halogens is 1. The predicted octanol–water partition coefficient (Wildman–Crippen LogP) is 5.08. The number of alkyl halides is 1. The van der Waals surface area contributed by atoms with Crippen molar-refractivity contribution in [3.05, 3.63) is 47.8 Å². The summed E-state index contributed by atoms with van der Waals surface area (Å²) in [4.78, 5) is 4.97. The number of rotatable bonds is 1. The molecule has 5 rings (SSSR count). The lowest BCUT2D eigenvalue weighted by Gasteiger charge is -2.18. The SMILES string of the molecule is IC1C=Cc2c(n3c4ccccc4nc3n2C2=CCCCC2)C1. The van der Waals surface area contributed by atoms with Crippen molar-refractivity contribution in [2.24, 2.45) is 0 Å². The Kier molecular flexibility index (Phi) is 3.15. The van der Waals surface area contributed by atoms with E-state index in [1.165, 1.54) is 41.9 Å². The molecule has 1 aromatic carbocycles. The second-order valence-electron chi connectivity index (χ2n) is 6.42. The zero-order valence-electron chi connectivity index (χ0n) is 12.9. The molecular weight excluding hydrogens is 397 g/mol. The van der Waals surface area contributed by atoms with Crippen molar-refractivity contribution >= 4 is 51.2 Å². The first kappa shape index (κ1) is 13.8. The van der Waals surface area contributed by atoms with Crippen molar-refractivity contribution < 1.29 is 0 Å². The summed E-state index contributed by atoms with van der Waals surface area (Å²) in [6, 6.07) is 8.50. The fraction of sp³-hybridized carbons (Fsp3) is 0.316. The molecule has 1 atom stereocenters. The minimum absolute atomic E-state index is 0.556. The van der Waals surface area contributed by atoms with Gasteiger partial charge in [0.05, 0.1) is 22.4 Å². The van der Waals surface area contributed by atoms with Gasteiger partial charge in [-0.1, -0.05) is 46.9 Å². The van der Waals surface area contributed by atoms with Gasteiger partial charge in [0.2, 0.25) is 5.78 Å². The lowest BCUT2D eigenvalue weighted by molar-refractivity contribution is 0.718. The molecule has 0 spiro atoms. The maximum atomic E-state index is 4.97. The Morgan fingerprint density at radius 1 is 1.17 bits per heavy atom. The Morgan fingerprint density at radius 3 is 2.96 bits per heavy atom. The molecule has 2 heterocycles. The van der Waals surface area contributed by atoms with Gasteiger partial charge in [0.25, 0.3) is 0 Å². The summed E-state index contributed by atoms with van der Waals surface area (Å²) in [5.74, 6) is 1.08. The Hall–Kier alpha value is -1.56. The van der Waals surface area contributed by atoms with Crippen LogP contribution in [0.4, 0.5) is 0 Å². The largest absolute Gasteiger partial charge is 0.283 e. The quantitative estimate of drug-likeness (QED) is 0.402. The molecule has 1 unspecified atom stereocenters. The van der Waals surface area contributed by atoms with E-state index in [0.717, 1.165) is 24.1 Å². The van der Waals surface area contributed by atoms with E-state index in [-0.39, 0.29) is 0 Å². The van der Waals surface area contributed by atoms with Crippen LogP contribution in [-0.4, -0.2) is 17.9 Å². The fourth-order valence-corrected chi connectivity index (χ4v) is 4.53. The molecule has 0 aliphatic heterocycles. The Balaban J connectivity index is 1.90. The second kappa shape index (κ2) is 5.23. The van der Waals surface area contributed by atoms with Crippen LogP contribution >= 0.6 is 22.6 Å². The van der Waals surface area contributed by atoms with E-state index < -0.39 is 0 Å². The summed E-state index contributed by atoms with van der Waals surface area (Å²) in [7, 11) is 0. The van der Waals surface area contributed by atoms with E-state index in [0.29, 0.717) is 3.92 Å². The summed E-state index contributed by atoms with van der Waals surface area (Å²) in [5, 5.41) is 0. The van der Waals surface area contributed by atoms with Crippen molar-refractivity contribution in [3.63, 3.8) is 0 Å². The normalized spacial score (nSPS) is 20.9. The van der Waals surface area contributed by atoms with Gasteiger partial charge in [-0.25, -0.2) is 4.98 Å². The highest BCUT2D eigenvalue weighted by Crippen LogP contribution is 2.34. The monoisotopic (exact) mass is 415 g/mol. The van der Waals surface area contributed by atoms with Gasteiger partial charge >= 0.3 is 0 Å². The van der Waals surface area contributed by atoms with Crippen LogP contribution in [0.1, 0.15) is 37.1 Å². The summed E-state index contributed by atoms with van der Waals surface area (Å²) < 4.78 is 5.35. The first-order chi connectivity index (χ1) is 11.3. The van der Waals surface area contributed by atoms with E-state index in [1.54, 1.807) is 0 Å². The van der Waals surface area contributed by atoms with Gasteiger partial charge in [0.1, 0.15) is 0 Å². The highest BCUT2D eigenvalue weighted by molar-refractivity contribution is 14.1. The number of nitrogens with zero attached hydrogens (tertiary/aromatic N) is 3. The zero-order valence-corrected chi connectivity index (χ0v) is 15.0. The topological polar surface area (TPSA) is 22.2 Å². The van der Waals surface area contributed by atoms with Gasteiger partial charge in [-0.15, -0.1) is 0 Å². The molecule has 0 saturated carbocycles. The molecule has 2 aliphatic rings. The van der Waals surface area contributed by atoms with Gasteiger partial charge in [-0.05, 0) is 43.9 Å². The average Bonchev–Trinajstić information content (AvgIpc) is 3.10. The van der Waals surface area contributed by atoms with Crippen molar-refractivity contribution in [3.8, 4) is 0 Å². The summed E-state index contributed by atoms with van der Waals surface area (Å²) >= 11 is 2.53. The average molecular weight is 415 g/mol. The molecule has 0 saturated heterocycles. The molecular formula is C19H18IN3. The summed E-state index contributed by atoms with van der Waals surface area (Å²) in [6.45, 7) is 0. The third-order valence-electron chi connectivity index (χ3n) is 4.96. The number of aromatic nitrogens is 3. The Morgan fingerprint density at radius 2 is 2.09 bits per heavy atom. The number of hydrogen-bond acceptors (Lipinski definition) is 1. The molecule has 2 aromatic heterocycles. The van der Waals surface area contributed by atoms with Crippen LogP contribution in [0.2, 0.25) is 0 Å². The summed E-state index contributed by atoms with van der Waals surface area (Å²) in [5.41, 5.74) is 6.48. The second-order valence-corrected chi connectivity index (χ2v) is 8.02. The van der Waals surface area contributed by atoms with Crippen molar-refractivity contribution in [2.75, 3.05) is 0 Å². The highest BCUT2D eigenvalue weighted by atomic mass is 127. The number of benzene rings is 1. The van der Waals surface area contributed by atoms with E-state index in [1.807, 2.05) is 0 Å². The van der Waals surface area contributed by atoms with Crippen LogP contribution in [0, 0.1) is 0 Å². The maximum absolute atomic E-state index is 4.97. The van der Waals surface area contributed by atoms with Crippen molar-refractivity contribution in [2.45, 2.75) is 36.0 Å². The Labute approximate surface area is 148 Å². The fourth-order valence-electron chi connectivity index (χ4n) is 3.90. The van der Waals surface area contributed by atoms with Gasteiger partial charge in [0, 0.05) is 16.0 Å². The standard InChI is InChI=1S/C19H18IN3/c20-13-10-11-17-18(12-13)23-16-9-5-4-8-15(16)21-19(23)22(17)14-6-2-1-3-7-14/h4-6,8-11,13H,1-3,7,12H2. The lowest BCUT2D eigenvalue weighted by atomic mass is 10.0. The number of para-hydroxylation sites is 2. The maximum Gasteiger partial charge on any atom is 0.220 e. The van der Waals surface area contributed by atoms with Gasteiger partial charge in [0.15, 0.2) is 0 Å². The van der Waals surface area contributed by atoms with Crippen LogP contribution in [0.3, 0.4) is 0 Å².